The van der Waals surface area contributed by atoms with Gasteiger partial charge in [0.05, 0.1) is 23.2 Å². The number of carboxylic acid groups (broad SMARTS) is 1. The lowest BCUT2D eigenvalue weighted by atomic mass is 9.99. The second kappa shape index (κ2) is 6.64. The molecule has 1 atom stereocenters. The van der Waals surface area contributed by atoms with Gasteiger partial charge in [-0.3, -0.25) is 14.3 Å². The van der Waals surface area contributed by atoms with Gasteiger partial charge in [-0.1, -0.05) is 30.3 Å². The first-order chi connectivity index (χ1) is 10.8. The first-order valence-electron chi connectivity index (χ1n) is 7.40. The summed E-state index contributed by atoms with van der Waals surface area (Å²) in [6.07, 6.45) is 3.15. The third-order valence-corrected chi connectivity index (χ3v) is 3.50. The molecule has 1 amide bonds. The van der Waals surface area contributed by atoms with Crippen LogP contribution in [0.2, 0.25) is 0 Å². The Hall–Kier alpha value is -2.63. The van der Waals surface area contributed by atoms with E-state index in [1.54, 1.807) is 35.1 Å². The smallest absolute Gasteiger partial charge is 0.312 e. The Kier molecular flexibility index (Phi) is 4.83. The highest BCUT2D eigenvalue weighted by Gasteiger charge is 2.22. The van der Waals surface area contributed by atoms with Gasteiger partial charge < -0.3 is 10.4 Å². The number of hydrogen-bond donors (Lipinski definition) is 2. The molecule has 6 nitrogen and oxygen atoms in total. The van der Waals surface area contributed by atoms with E-state index in [9.17, 15) is 14.7 Å². The lowest BCUT2D eigenvalue weighted by molar-refractivity contribution is -0.138. The summed E-state index contributed by atoms with van der Waals surface area (Å²) in [5.74, 6) is -2.08. The van der Waals surface area contributed by atoms with Gasteiger partial charge in [0.25, 0.3) is 5.91 Å². The normalized spacial score (nSPS) is 12.7. The highest BCUT2D eigenvalue weighted by atomic mass is 16.4. The standard InChI is InChI=1S/C17H21N3O3/c1-17(2,3)20-11-13(9-19-20)15(21)18-10-14(16(22)23)12-7-5-4-6-8-12/h4-9,11,14H,10H2,1-3H3,(H,18,21)(H,22,23). The van der Waals surface area contributed by atoms with E-state index in [0.29, 0.717) is 11.1 Å². The number of aliphatic carboxylic acids is 1. The summed E-state index contributed by atoms with van der Waals surface area (Å²) in [4.78, 5) is 23.6. The molecule has 0 radical (unpaired) electrons. The van der Waals surface area contributed by atoms with Gasteiger partial charge in [-0.25, -0.2) is 0 Å². The molecule has 0 aliphatic heterocycles. The molecule has 0 saturated carbocycles. The molecule has 0 spiro atoms. The molecule has 2 N–H and O–H groups in total. The maximum absolute atomic E-state index is 12.2. The number of rotatable bonds is 5. The fourth-order valence-electron chi connectivity index (χ4n) is 2.14. The van der Waals surface area contributed by atoms with E-state index in [4.69, 9.17) is 0 Å². The van der Waals surface area contributed by atoms with Gasteiger partial charge in [0, 0.05) is 12.7 Å². The van der Waals surface area contributed by atoms with Crippen LogP contribution >= 0.6 is 0 Å². The van der Waals surface area contributed by atoms with Crippen molar-refractivity contribution in [2.45, 2.75) is 32.2 Å². The maximum atomic E-state index is 12.2. The first kappa shape index (κ1) is 16.7. The summed E-state index contributed by atoms with van der Waals surface area (Å²) < 4.78 is 1.70. The van der Waals surface area contributed by atoms with Crippen molar-refractivity contribution in [1.82, 2.24) is 15.1 Å². The van der Waals surface area contributed by atoms with Crippen molar-refractivity contribution in [3.63, 3.8) is 0 Å². The van der Waals surface area contributed by atoms with Crippen LogP contribution in [0.25, 0.3) is 0 Å². The van der Waals surface area contributed by atoms with E-state index in [2.05, 4.69) is 10.4 Å². The first-order valence-corrected chi connectivity index (χ1v) is 7.40. The molecule has 0 fully saturated rings. The molecule has 2 rings (SSSR count). The molecular formula is C17H21N3O3. The average molecular weight is 315 g/mol. The van der Waals surface area contributed by atoms with E-state index < -0.39 is 11.9 Å². The summed E-state index contributed by atoms with van der Waals surface area (Å²) in [5, 5.41) is 16.2. The van der Waals surface area contributed by atoms with Gasteiger partial charge in [0.1, 0.15) is 0 Å². The van der Waals surface area contributed by atoms with Crippen LogP contribution in [0.4, 0.5) is 0 Å². The van der Waals surface area contributed by atoms with Crippen LogP contribution in [0.3, 0.4) is 0 Å². The summed E-state index contributed by atoms with van der Waals surface area (Å²) >= 11 is 0. The van der Waals surface area contributed by atoms with Gasteiger partial charge in [0.15, 0.2) is 0 Å². The van der Waals surface area contributed by atoms with E-state index in [-0.39, 0.29) is 18.0 Å². The fraction of sp³-hybridized carbons (Fsp3) is 0.353. The highest BCUT2D eigenvalue weighted by Crippen LogP contribution is 2.16. The van der Waals surface area contributed by atoms with Crippen LogP contribution in [-0.2, 0) is 10.3 Å². The summed E-state index contributed by atoms with van der Waals surface area (Å²) in [6.45, 7) is 5.98. The molecule has 2 aromatic rings. The van der Waals surface area contributed by atoms with Gasteiger partial charge >= 0.3 is 5.97 Å². The van der Waals surface area contributed by atoms with Crippen LogP contribution in [0.15, 0.2) is 42.7 Å². The third kappa shape index (κ3) is 4.18. The SMILES string of the molecule is CC(C)(C)n1cc(C(=O)NCC(C(=O)O)c2ccccc2)cn1. The molecule has 0 saturated heterocycles. The predicted molar refractivity (Wildman–Crippen MR) is 86.4 cm³/mol. The fourth-order valence-corrected chi connectivity index (χ4v) is 2.14. The zero-order valence-electron chi connectivity index (χ0n) is 13.5. The lowest BCUT2D eigenvalue weighted by Gasteiger charge is -2.18. The zero-order chi connectivity index (χ0) is 17.0. The van der Waals surface area contributed by atoms with Crippen LogP contribution in [-0.4, -0.2) is 33.3 Å². The molecule has 6 heteroatoms. The van der Waals surface area contributed by atoms with Crippen molar-refractivity contribution in [3.8, 4) is 0 Å². The monoisotopic (exact) mass is 315 g/mol. The van der Waals surface area contributed by atoms with Crippen molar-refractivity contribution in [2.24, 2.45) is 0 Å². The van der Waals surface area contributed by atoms with Gasteiger partial charge in [0.2, 0.25) is 0 Å². The molecule has 23 heavy (non-hydrogen) atoms. The number of carboxylic acids is 1. The Morgan fingerprint density at radius 2 is 1.91 bits per heavy atom. The minimum Gasteiger partial charge on any atom is -0.481 e. The van der Waals surface area contributed by atoms with Crippen LogP contribution in [0.5, 0.6) is 0 Å². The Labute approximate surface area is 135 Å². The van der Waals surface area contributed by atoms with E-state index in [0.717, 1.165) is 0 Å². The molecular weight excluding hydrogens is 294 g/mol. The van der Waals surface area contributed by atoms with Gasteiger partial charge in [-0.2, -0.15) is 5.10 Å². The number of hydrogen-bond acceptors (Lipinski definition) is 3. The maximum Gasteiger partial charge on any atom is 0.312 e. The van der Waals surface area contributed by atoms with Crippen molar-refractivity contribution in [3.05, 3.63) is 53.9 Å². The third-order valence-electron chi connectivity index (χ3n) is 3.50. The van der Waals surface area contributed by atoms with E-state index in [1.165, 1.54) is 6.20 Å². The minimum absolute atomic E-state index is 0.0267. The molecule has 0 aliphatic rings. The summed E-state index contributed by atoms with van der Waals surface area (Å²) in [7, 11) is 0. The summed E-state index contributed by atoms with van der Waals surface area (Å²) in [5.41, 5.74) is 0.856. The summed E-state index contributed by atoms with van der Waals surface area (Å²) in [6, 6.07) is 8.86. The van der Waals surface area contributed by atoms with Crippen LogP contribution in [0.1, 0.15) is 42.6 Å². The molecule has 0 bridgehead atoms. The number of carbonyl (C=O) groups is 2. The average Bonchev–Trinajstić information content (AvgIpc) is 2.98. The zero-order valence-corrected chi connectivity index (χ0v) is 13.5. The highest BCUT2D eigenvalue weighted by molar-refractivity contribution is 5.94. The van der Waals surface area contributed by atoms with Crippen molar-refractivity contribution in [1.29, 1.82) is 0 Å². The molecule has 122 valence electrons. The van der Waals surface area contributed by atoms with E-state index >= 15 is 0 Å². The second-order valence-corrected chi connectivity index (χ2v) is 6.36. The second-order valence-electron chi connectivity index (χ2n) is 6.36. The number of nitrogens with one attached hydrogen (secondary N) is 1. The molecule has 0 aliphatic carbocycles. The van der Waals surface area contributed by atoms with Crippen molar-refractivity contribution in [2.75, 3.05) is 6.54 Å². The number of amides is 1. The molecule has 1 unspecified atom stereocenters. The van der Waals surface area contributed by atoms with Crippen LogP contribution < -0.4 is 5.32 Å². The minimum atomic E-state index is -0.970. The number of aromatic nitrogens is 2. The number of benzene rings is 1. The van der Waals surface area contributed by atoms with Crippen LogP contribution in [0, 0.1) is 0 Å². The Morgan fingerprint density at radius 1 is 1.26 bits per heavy atom. The lowest BCUT2D eigenvalue weighted by Crippen LogP contribution is -2.31. The van der Waals surface area contributed by atoms with Crippen molar-refractivity contribution >= 4 is 11.9 Å². The molecule has 1 aromatic heterocycles. The van der Waals surface area contributed by atoms with E-state index in [1.807, 2.05) is 26.8 Å². The van der Waals surface area contributed by atoms with Gasteiger partial charge in [-0.15, -0.1) is 0 Å². The number of nitrogens with zero attached hydrogens (tertiary/aromatic N) is 2. The molecule has 1 heterocycles. The largest absolute Gasteiger partial charge is 0.481 e. The Morgan fingerprint density at radius 3 is 2.43 bits per heavy atom. The Bertz CT molecular complexity index is 687. The predicted octanol–water partition coefficient (Wildman–Crippen LogP) is 2.24. The Balaban J connectivity index is 2.05. The quantitative estimate of drug-likeness (QED) is 0.886. The topological polar surface area (TPSA) is 84.2 Å². The molecule has 1 aromatic carbocycles. The van der Waals surface area contributed by atoms with Crippen molar-refractivity contribution < 1.29 is 14.7 Å². The van der Waals surface area contributed by atoms with Gasteiger partial charge in [-0.05, 0) is 26.3 Å². The number of carbonyl (C=O) groups excluding carboxylic acids is 1.